The summed E-state index contributed by atoms with van der Waals surface area (Å²) in [6.07, 6.45) is 60.3. The SMILES string of the molecule is CC/C=C\C/C=C\C/C=C\C/C=C\C/C=C\C/C=C\C/C=C\CCCC(=O)NC(COC1OC(CO)C(OC2OC(CO)C(O)C(O)C2O)C(O)C1O)C(O)CCCCCCCCCCCCCCCCCCCCCCCCCCCCCCC. The Labute approximate surface area is 522 Å². The highest BCUT2D eigenvalue weighted by atomic mass is 16.7. The maximum absolute atomic E-state index is 13.3. The summed E-state index contributed by atoms with van der Waals surface area (Å²) >= 11 is 0. The number of hydrogen-bond acceptors (Lipinski definition) is 13. The van der Waals surface area contributed by atoms with E-state index in [1.807, 2.05) is 0 Å². The van der Waals surface area contributed by atoms with Crippen molar-refractivity contribution in [3.63, 3.8) is 0 Å². The molecule has 2 aliphatic rings. The first kappa shape index (κ1) is 79.3. The molecule has 2 heterocycles. The van der Waals surface area contributed by atoms with Gasteiger partial charge in [-0.05, 0) is 64.2 Å². The van der Waals surface area contributed by atoms with Crippen molar-refractivity contribution in [1.82, 2.24) is 5.32 Å². The van der Waals surface area contributed by atoms with Crippen molar-refractivity contribution in [3.05, 3.63) is 85.1 Å². The molecule has 14 heteroatoms. The third kappa shape index (κ3) is 40.0. The first-order valence-electron chi connectivity index (χ1n) is 34.8. The lowest BCUT2D eigenvalue weighted by Crippen LogP contribution is -2.65. The van der Waals surface area contributed by atoms with Crippen LogP contribution in [0, 0.1) is 0 Å². The maximum Gasteiger partial charge on any atom is 0.220 e. The van der Waals surface area contributed by atoms with Gasteiger partial charge in [0, 0.05) is 6.42 Å². The van der Waals surface area contributed by atoms with Gasteiger partial charge in [-0.1, -0.05) is 285 Å². The van der Waals surface area contributed by atoms with Gasteiger partial charge in [-0.3, -0.25) is 4.79 Å². The molecule has 0 radical (unpaired) electrons. The van der Waals surface area contributed by atoms with Gasteiger partial charge in [0.25, 0.3) is 0 Å². The number of nitrogens with one attached hydrogen (secondary N) is 1. The molecule has 0 aromatic rings. The lowest BCUT2D eigenvalue weighted by molar-refractivity contribution is -0.359. The van der Waals surface area contributed by atoms with Crippen molar-refractivity contribution in [1.29, 1.82) is 0 Å². The first-order chi connectivity index (χ1) is 42.1. The van der Waals surface area contributed by atoms with Gasteiger partial charge in [0.05, 0.1) is 32.0 Å². The summed E-state index contributed by atoms with van der Waals surface area (Å²) in [5, 5.41) is 87.5. The molecular weight excluding hydrogens is 1090 g/mol. The standard InChI is InChI=1S/C72H127NO13/c1-3-5-7-9-11-13-15-17-19-21-23-25-27-28-29-30-31-32-34-35-37-39-41-43-45-47-49-51-53-55-61(76)60(59-83-71-69(82)67(80)70(63(58-75)85-71)86-72-68(81)66(79)65(78)62(57-74)84-72)73-64(77)56-54-52-50-48-46-44-42-40-38-36-33-26-24-22-20-18-16-14-12-10-8-6-4-2/h6,8,12,14,18,20,24,26,36,38,42,44,48,50,60-63,65-72,74-76,78-82H,3-5,7,9-11,13,15-17,19,21-23,25,27-35,37,39-41,43,45-47,49,51-59H2,1-2H3,(H,73,77)/b8-6-,14-12-,20-18-,26-24-,38-36-,44-42-,50-48-. The molecule has 0 aliphatic carbocycles. The van der Waals surface area contributed by atoms with E-state index in [-0.39, 0.29) is 18.9 Å². The number of aliphatic hydroxyl groups is 8. The Kier molecular flexibility index (Phi) is 51.8. The van der Waals surface area contributed by atoms with Crippen molar-refractivity contribution in [3.8, 4) is 0 Å². The summed E-state index contributed by atoms with van der Waals surface area (Å²) in [5.74, 6) is -0.264. The second-order valence-corrected chi connectivity index (χ2v) is 24.3. The van der Waals surface area contributed by atoms with Gasteiger partial charge in [0.15, 0.2) is 12.6 Å². The summed E-state index contributed by atoms with van der Waals surface area (Å²) < 4.78 is 22.9. The van der Waals surface area contributed by atoms with Gasteiger partial charge in [-0.25, -0.2) is 0 Å². The Morgan fingerprint density at radius 2 is 0.791 bits per heavy atom. The predicted octanol–water partition coefficient (Wildman–Crippen LogP) is 14.0. The Hall–Kier alpha value is -2.83. The molecule has 0 spiro atoms. The van der Waals surface area contributed by atoms with E-state index in [0.29, 0.717) is 19.3 Å². The van der Waals surface area contributed by atoms with Gasteiger partial charge in [-0.15, -0.1) is 0 Å². The Balaban J connectivity index is 1.70. The van der Waals surface area contributed by atoms with Crippen molar-refractivity contribution in [2.24, 2.45) is 0 Å². The van der Waals surface area contributed by atoms with E-state index in [9.17, 15) is 45.6 Å². The zero-order chi connectivity index (χ0) is 62.3. The maximum atomic E-state index is 13.3. The van der Waals surface area contributed by atoms with Crippen LogP contribution < -0.4 is 5.32 Å². The van der Waals surface area contributed by atoms with Crippen LogP contribution in [0.2, 0.25) is 0 Å². The molecule has 498 valence electrons. The third-order valence-electron chi connectivity index (χ3n) is 16.6. The van der Waals surface area contributed by atoms with Gasteiger partial charge < -0.3 is 65.1 Å². The minimum absolute atomic E-state index is 0.220. The fraction of sp³-hybridized carbons (Fsp3) is 0.792. The molecule has 86 heavy (non-hydrogen) atoms. The molecule has 2 rings (SSSR count). The summed E-state index contributed by atoms with van der Waals surface area (Å²) in [7, 11) is 0. The van der Waals surface area contributed by atoms with E-state index in [4.69, 9.17) is 18.9 Å². The second kappa shape index (κ2) is 56.2. The highest BCUT2D eigenvalue weighted by Gasteiger charge is 2.51. The quantitative estimate of drug-likeness (QED) is 0.0204. The molecule has 9 N–H and O–H groups in total. The minimum atomic E-state index is -1.79. The number of allylic oxidation sites excluding steroid dienone is 14. The average molecular weight is 1210 g/mol. The largest absolute Gasteiger partial charge is 0.394 e. The number of aliphatic hydroxyl groups excluding tert-OH is 8. The van der Waals surface area contributed by atoms with E-state index >= 15 is 0 Å². The first-order valence-corrected chi connectivity index (χ1v) is 34.8. The molecule has 12 atom stereocenters. The minimum Gasteiger partial charge on any atom is -0.394 e. The normalized spacial score (nSPS) is 23.9. The summed E-state index contributed by atoms with van der Waals surface area (Å²) in [5.41, 5.74) is 0. The highest BCUT2D eigenvalue weighted by Crippen LogP contribution is 2.30. The zero-order valence-electron chi connectivity index (χ0n) is 54.0. The van der Waals surface area contributed by atoms with Crippen molar-refractivity contribution in [2.45, 2.75) is 344 Å². The molecule has 0 aromatic heterocycles. The van der Waals surface area contributed by atoms with Crippen molar-refractivity contribution >= 4 is 5.91 Å². The average Bonchev–Trinajstić information content (AvgIpc) is 2.54. The number of hydrogen-bond donors (Lipinski definition) is 9. The van der Waals surface area contributed by atoms with E-state index in [1.54, 1.807) is 0 Å². The van der Waals surface area contributed by atoms with Gasteiger partial charge in [0.2, 0.25) is 5.91 Å². The van der Waals surface area contributed by atoms with Gasteiger partial charge in [0.1, 0.15) is 48.8 Å². The lowest BCUT2D eigenvalue weighted by atomic mass is 9.97. The molecule has 0 bridgehead atoms. The van der Waals surface area contributed by atoms with Crippen LogP contribution >= 0.6 is 0 Å². The van der Waals surface area contributed by atoms with E-state index in [2.05, 4.69) is 104 Å². The fourth-order valence-corrected chi connectivity index (χ4v) is 11.1. The van der Waals surface area contributed by atoms with Crippen LogP contribution in [-0.2, 0) is 23.7 Å². The number of amides is 1. The van der Waals surface area contributed by atoms with E-state index in [0.717, 1.165) is 70.6 Å². The summed E-state index contributed by atoms with van der Waals surface area (Å²) in [6, 6.07) is -0.867. The van der Waals surface area contributed by atoms with Crippen LogP contribution in [0.3, 0.4) is 0 Å². The molecule has 2 aliphatic heterocycles. The zero-order valence-corrected chi connectivity index (χ0v) is 54.0. The van der Waals surface area contributed by atoms with E-state index in [1.165, 1.54) is 161 Å². The topological polar surface area (TPSA) is 228 Å². The number of rotatable bonds is 56. The highest BCUT2D eigenvalue weighted by molar-refractivity contribution is 5.76. The molecule has 12 unspecified atom stereocenters. The van der Waals surface area contributed by atoms with Crippen molar-refractivity contribution in [2.75, 3.05) is 19.8 Å². The lowest BCUT2D eigenvalue weighted by Gasteiger charge is -2.46. The predicted molar refractivity (Wildman–Crippen MR) is 350 cm³/mol. The fourth-order valence-electron chi connectivity index (χ4n) is 11.1. The summed E-state index contributed by atoms with van der Waals surface area (Å²) in [4.78, 5) is 13.3. The molecule has 1 amide bonds. The Bertz CT molecular complexity index is 1770. The molecular formula is C72H127NO13. The van der Waals surface area contributed by atoms with Gasteiger partial charge in [-0.2, -0.15) is 0 Å². The monoisotopic (exact) mass is 1210 g/mol. The summed E-state index contributed by atoms with van der Waals surface area (Å²) in [6.45, 7) is 2.73. The van der Waals surface area contributed by atoms with E-state index < -0.39 is 86.8 Å². The van der Waals surface area contributed by atoms with Crippen LogP contribution in [0.5, 0.6) is 0 Å². The number of ether oxygens (including phenoxy) is 4. The molecule has 14 nitrogen and oxygen atoms in total. The molecule has 0 aromatic carbocycles. The number of carbonyl (C=O) groups is 1. The Morgan fingerprint density at radius 1 is 0.430 bits per heavy atom. The number of unbranched alkanes of at least 4 members (excludes halogenated alkanes) is 29. The Morgan fingerprint density at radius 3 is 1.19 bits per heavy atom. The van der Waals surface area contributed by atoms with Gasteiger partial charge >= 0.3 is 0 Å². The van der Waals surface area contributed by atoms with Crippen LogP contribution in [0.4, 0.5) is 0 Å². The molecule has 0 saturated carbocycles. The van der Waals surface area contributed by atoms with Crippen LogP contribution in [-0.4, -0.2) is 140 Å². The second-order valence-electron chi connectivity index (χ2n) is 24.3. The third-order valence-corrected chi connectivity index (χ3v) is 16.6. The van der Waals surface area contributed by atoms with Crippen LogP contribution in [0.25, 0.3) is 0 Å². The molecule has 2 fully saturated rings. The van der Waals surface area contributed by atoms with Crippen molar-refractivity contribution < 1.29 is 64.6 Å². The number of carbonyl (C=O) groups excluding carboxylic acids is 1. The smallest absolute Gasteiger partial charge is 0.220 e. The molecule has 2 saturated heterocycles. The van der Waals surface area contributed by atoms with Crippen LogP contribution in [0.1, 0.15) is 271 Å². The van der Waals surface area contributed by atoms with Crippen LogP contribution in [0.15, 0.2) is 85.1 Å².